The molecule has 3 amide bonds. The van der Waals surface area contributed by atoms with Crippen molar-refractivity contribution in [3.05, 3.63) is 42.0 Å². The normalized spacial score (nSPS) is 13.6. The van der Waals surface area contributed by atoms with E-state index in [9.17, 15) is 14.4 Å². The molecule has 2 aromatic rings. The molecule has 3 rings (SSSR count). The first-order chi connectivity index (χ1) is 14.4. The number of ether oxygens (including phenoxy) is 2. The molecule has 1 aliphatic rings. The number of benzene rings is 2. The van der Waals surface area contributed by atoms with E-state index in [0.29, 0.717) is 35.8 Å². The quantitative estimate of drug-likeness (QED) is 0.737. The number of carbonyl (C=O) groups excluding carboxylic acids is 3. The first-order valence-corrected chi connectivity index (χ1v) is 9.68. The second kappa shape index (κ2) is 9.30. The molecule has 0 aromatic heterocycles. The standard InChI is InChI=1S/C22H25N3O5/c1-14-7-8-15(12-18(14)25-11-5-4-6-20(25)26)23-21(27)22(28)24-17-13-16(29-2)9-10-19(17)30-3/h7-10,12-13H,4-6,11H2,1-3H3,(H,23,27)(H,24,28). The number of aryl methyl sites for hydroxylation is 1. The van der Waals surface area contributed by atoms with Crippen molar-refractivity contribution in [2.24, 2.45) is 0 Å². The summed E-state index contributed by atoms with van der Waals surface area (Å²) in [5, 5.41) is 5.12. The van der Waals surface area contributed by atoms with Gasteiger partial charge < -0.3 is 25.0 Å². The SMILES string of the molecule is COc1ccc(OC)c(NC(=O)C(=O)Nc2ccc(C)c(N3CCCCC3=O)c2)c1. The van der Waals surface area contributed by atoms with Crippen LogP contribution in [0.4, 0.5) is 17.1 Å². The van der Waals surface area contributed by atoms with E-state index in [1.54, 1.807) is 35.2 Å². The summed E-state index contributed by atoms with van der Waals surface area (Å²) in [6.07, 6.45) is 2.34. The van der Waals surface area contributed by atoms with Gasteiger partial charge in [0.25, 0.3) is 0 Å². The van der Waals surface area contributed by atoms with Gasteiger partial charge in [-0.2, -0.15) is 0 Å². The monoisotopic (exact) mass is 411 g/mol. The van der Waals surface area contributed by atoms with Crippen molar-refractivity contribution in [3.8, 4) is 11.5 Å². The van der Waals surface area contributed by atoms with Crippen LogP contribution in [0.3, 0.4) is 0 Å². The van der Waals surface area contributed by atoms with E-state index in [1.807, 2.05) is 13.0 Å². The average Bonchev–Trinajstić information content (AvgIpc) is 2.75. The highest BCUT2D eigenvalue weighted by Crippen LogP contribution is 2.30. The van der Waals surface area contributed by atoms with Crippen LogP contribution < -0.4 is 25.0 Å². The molecule has 0 atom stereocenters. The van der Waals surface area contributed by atoms with Gasteiger partial charge in [0.05, 0.1) is 19.9 Å². The Hall–Kier alpha value is -3.55. The molecule has 2 aromatic carbocycles. The van der Waals surface area contributed by atoms with Crippen molar-refractivity contribution < 1.29 is 23.9 Å². The van der Waals surface area contributed by atoms with Crippen molar-refractivity contribution >= 4 is 34.8 Å². The van der Waals surface area contributed by atoms with Crippen molar-refractivity contribution in [1.29, 1.82) is 0 Å². The Balaban J connectivity index is 1.74. The Bertz CT molecular complexity index is 973. The summed E-state index contributed by atoms with van der Waals surface area (Å²) in [7, 11) is 2.97. The van der Waals surface area contributed by atoms with Crippen LogP contribution in [-0.2, 0) is 14.4 Å². The van der Waals surface area contributed by atoms with Gasteiger partial charge in [0.2, 0.25) is 5.91 Å². The Morgan fingerprint density at radius 2 is 1.73 bits per heavy atom. The molecule has 0 unspecified atom stereocenters. The zero-order valence-corrected chi connectivity index (χ0v) is 17.3. The molecule has 30 heavy (non-hydrogen) atoms. The minimum atomic E-state index is -0.849. The minimum absolute atomic E-state index is 0.0655. The maximum atomic E-state index is 12.4. The lowest BCUT2D eigenvalue weighted by molar-refractivity contribution is -0.133. The van der Waals surface area contributed by atoms with Crippen LogP contribution in [0.1, 0.15) is 24.8 Å². The number of piperidine rings is 1. The van der Waals surface area contributed by atoms with Crippen LogP contribution in [0.5, 0.6) is 11.5 Å². The summed E-state index contributed by atoms with van der Waals surface area (Å²) in [5.41, 5.74) is 2.42. The highest BCUT2D eigenvalue weighted by molar-refractivity contribution is 6.43. The number of amides is 3. The first-order valence-electron chi connectivity index (χ1n) is 9.68. The van der Waals surface area contributed by atoms with Gasteiger partial charge >= 0.3 is 11.8 Å². The third kappa shape index (κ3) is 4.71. The van der Waals surface area contributed by atoms with E-state index >= 15 is 0 Å². The molecule has 1 aliphatic heterocycles. The summed E-state index contributed by atoms with van der Waals surface area (Å²) in [6, 6.07) is 10.1. The minimum Gasteiger partial charge on any atom is -0.497 e. The maximum absolute atomic E-state index is 12.4. The molecule has 0 bridgehead atoms. The van der Waals surface area contributed by atoms with Crippen molar-refractivity contribution in [2.75, 3.05) is 36.3 Å². The molecular formula is C22H25N3O5. The van der Waals surface area contributed by atoms with Gasteiger partial charge in [-0.05, 0) is 49.6 Å². The smallest absolute Gasteiger partial charge is 0.314 e. The first kappa shape index (κ1) is 21.2. The average molecular weight is 411 g/mol. The fourth-order valence-electron chi connectivity index (χ4n) is 3.32. The number of nitrogens with zero attached hydrogens (tertiary/aromatic N) is 1. The van der Waals surface area contributed by atoms with Crippen LogP contribution in [0.2, 0.25) is 0 Å². The van der Waals surface area contributed by atoms with Gasteiger partial charge in [-0.3, -0.25) is 14.4 Å². The van der Waals surface area contributed by atoms with Crippen molar-refractivity contribution in [2.45, 2.75) is 26.2 Å². The molecule has 1 saturated heterocycles. The Labute approximate surface area is 175 Å². The van der Waals surface area contributed by atoms with E-state index in [-0.39, 0.29) is 5.91 Å². The van der Waals surface area contributed by atoms with Crippen LogP contribution in [0, 0.1) is 6.92 Å². The van der Waals surface area contributed by atoms with Gasteiger partial charge in [0.15, 0.2) is 0 Å². The van der Waals surface area contributed by atoms with Gasteiger partial charge in [-0.25, -0.2) is 0 Å². The van der Waals surface area contributed by atoms with Crippen LogP contribution >= 0.6 is 0 Å². The van der Waals surface area contributed by atoms with E-state index in [4.69, 9.17) is 9.47 Å². The zero-order valence-electron chi connectivity index (χ0n) is 17.3. The van der Waals surface area contributed by atoms with Crippen molar-refractivity contribution in [3.63, 3.8) is 0 Å². The fourth-order valence-corrected chi connectivity index (χ4v) is 3.32. The molecular weight excluding hydrogens is 386 g/mol. The summed E-state index contributed by atoms with van der Waals surface area (Å²) in [4.78, 5) is 38.8. The number of hydrogen-bond donors (Lipinski definition) is 2. The number of anilines is 3. The molecule has 0 saturated carbocycles. The molecule has 8 nitrogen and oxygen atoms in total. The Morgan fingerprint density at radius 1 is 0.967 bits per heavy atom. The third-order valence-corrected chi connectivity index (χ3v) is 4.94. The zero-order chi connectivity index (χ0) is 21.7. The Morgan fingerprint density at radius 3 is 2.43 bits per heavy atom. The van der Waals surface area contributed by atoms with E-state index in [0.717, 1.165) is 24.1 Å². The van der Waals surface area contributed by atoms with Gasteiger partial charge in [0, 0.05) is 30.4 Å². The largest absolute Gasteiger partial charge is 0.497 e. The van der Waals surface area contributed by atoms with Crippen molar-refractivity contribution in [1.82, 2.24) is 0 Å². The molecule has 0 aliphatic carbocycles. The summed E-state index contributed by atoms with van der Waals surface area (Å²) in [5.74, 6) is -0.702. The highest BCUT2D eigenvalue weighted by Gasteiger charge is 2.22. The number of carbonyl (C=O) groups is 3. The molecule has 1 fully saturated rings. The van der Waals surface area contributed by atoms with E-state index in [2.05, 4.69) is 10.6 Å². The Kier molecular flexibility index (Phi) is 6.56. The second-order valence-electron chi connectivity index (χ2n) is 6.98. The lowest BCUT2D eigenvalue weighted by Gasteiger charge is -2.28. The molecule has 0 radical (unpaired) electrons. The molecule has 8 heteroatoms. The van der Waals surface area contributed by atoms with E-state index < -0.39 is 11.8 Å². The number of hydrogen-bond acceptors (Lipinski definition) is 5. The topological polar surface area (TPSA) is 97.0 Å². The van der Waals surface area contributed by atoms with Crippen LogP contribution in [0.15, 0.2) is 36.4 Å². The third-order valence-electron chi connectivity index (χ3n) is 4.94. The maximum Gasteiger partial charge on any atom is 0.314 e. The summed E-state index contributed by atoms with van der Waals surface area (Å²) in [6.45, 7) is 2.55. The van der Waals surface area contributed by atoms with Crippen LogP contribution in [0.25, 0.3) is 0 Å². The number of rotatable bonds is 5. The number of methoxy groups -OCH3 is 2. The summed E-state index contributed by atoms with van der Waals surface area (Å²) < 4.78 is 10.4. The van der Waals surface area contributed by atoms with Gasteiger partial charge in [-0.15, -0.1) is 0 Å². The molecule has 158 valence electrons. The van der Waals surface area contributed by atoms with Crippen LogP contribution in [-0.4, -0.2) is 38.5 Å². The fraction of sp³-hybridized carbons (Fsp3) is 0.318. The highest BCUT2D eigenvalue weighted by atomic mass is 16.5. The van der Waals surface area contributed by atoms with E-state index in [1.165, 1.54) is 14.2 Å². The predicted molar refractivity (Wildman–Crippen MR) is 114 cm³/mol. The molecule has 0 spiro atoms. The second-order valence-corrected chi connectivity index (χ2v) is 6.98. The number of nitrogens with one attached hydrogen (secondary N) is 2. The molecule has 1 heterocycles. The summed E-state index contributed by atoms with van der Waals surface area (Å²) >= 11 is 0. The van der Waals surface area contributed by atoms with Gasteiger partial charge in [0.1, 0.15) is 11.5 Å². The lowest BCUT2D eigenvalue weighted by atomic mass is 10.1. The predicted octanol–water partition coefficient (Wildman–Crippen LogP) is 3.11. The molecule has 2 N–H and O–H groups in total. The van der Waals surface area contributed by atoms with Gasteiger partial charge in [-0.1, -0.05) is 6.07 Å². The lowest BCUT2D eigenvalue weighted by Crippen LogP contribution is -2.35.